The van der Waals surface area contributed by atoms with Gasteiger partial charge in [-0.3, -0.25) is 0 Å². The average molecular weight is 228 g/mol. The molecule has 0 heterocycles. The SMILES string of the molecule is CCCCCC(C)NCCCN(CC)CC. The molecule has 0 spiro atoms. The number of unbranched alkanes of at least 4 members (excludes halogenated alkanes) is 2. The topological polar surface area (TPSA) is 15.3 Å². The minimum atomic E-state index is 0.697. The van der Waals surface area contributed by atoms with Gasteiger partial charge in [-0.05, 0) is 45.9 Å². The highest BCUT2D eigenvalue weighted by molar-refractivity contribution is 4.62. The first-order valence-electron chi connectivity index (χ1n) is 7.20. The van der Waals surface area contributed by atoms with Crippen LogP contribution < -0.4 is 5.32 Å². The average Bonchev–Trinajstić information content (AvgIpc) is 2.30. The molecule has 0 aliphatic heterocycles. The fourth-order valence-electron chi connectivity index (χ4n) is 1.99. The third kappa shape index (κ3) is 9.17. The van der Waals surface area contributed by atoms with Crippen molar-refractivity contribution in [3.63, 3.8) is 0 Å². The van der Waals surface area contributed by atoms with Crippen molar-refractivity contribution < 1.29 is 0 Å². The molecule has 0 saturated carbocycles. The lowest BCUT2D eigenvalue weighted by atomic mass is 10.1. The highest BCUT2D eigenvalue weighted by Crippen LogP contribution is 2.02. The summed E-state index contributed by atoms with van der Waals surface area (Å²) in [6.07, 6.45) is 6.69. The monoisotopic (exact) mass is 228 g/mol. The van der Waals surface area contributed by atoms with Gasteiger partial charge in [0.25, 0.3) is 0 Å². The van der Waals surface area contributed by atoms with Gasteiger partial charge < -0.3 is 10.2 Å². The van der Waals surface area contributed by atoms with Crippen LogP contribution in [0.25, 0.3) is 0 Å². The quantitative estimate of drug-likeness (QED) is 0.546. The van der Waals surface area contributed by atoms with Crippen LogP contribution in [0.2, 0.25) is 0 Å². The van der Waals surface area contributed by atoms with E-state index in [1.165, 1.54) is 58.3 Å². The van der Waals surface area contributed by atoms with Crippen LogP contribution in [0.5, 0.6) is 0 Å². The third-order valence-corrected chi connectivity index (χ3v) is 3.28. The van der Waals surface area contributed by atoms with Crippen LogP contribution in [0.4, 0.5) is 0 Å². The third-order valence-electron chi connectivity index (χ3n) is 3.28. The first-order valence-corrected chi connectivity index (χ1v) is 7.20. The van der Waals surface area contributed by atoms with Crippen molar-refractivity contribution in [2.45, 2.75) is 65.8 Å². The van der Waals surface area contributed by atoms with Gasteiger partial charge in [-0.15, -0.1) is 0 Å². The van der Waals surface area contributed by atoms with Crippen LogP contribution in [0.1, 0.15) is 59.8 Å². The molecule has 1 atom stereocenters. The zero-order chi connectivity index (χ0) is 12.2. The summed E-state index contributed by atoms with van der Waals surface area (Å²) in [6.45, 7) is 13.8. The molecule has 0 aromatic carbocycles. The molecule has 0 aromatic heterocycles. The van der Waals surface area contributed by atoms with Crippen molar-refractivity contribution in [2.75, 3.05) is 26.2 Å². The predicted molar refractivity (Wildman–Crippen MR) is 74.0 cm³/mol. The number of hydrogen-bond acceptors (Lipinski definition) is 2. The van der Waals surface area contributed by atoms with E-state index in [-0.39, 0.29) is 0 Å². The lowest BCUT2D eigenvalue weighted by Gasteiger charge is -2.19. The molecule has 0 saturated heterocycles. The Morgan fingerprint density at radius 3 is 2.25 bits per heavy atom. The largest absolute Gasteiger partial charge is 0.314 e. The van der Waals surface area contributed by atoms with Gasteiger partial charge in [0.1, 0.15) is 0 Å². The summed E-state index contributed by atoms with van der Waals surface area (Å²) in [6, 6.07) is 0.697. The van der Waals surface area contributed by atoms with E-state index in [2.05, 4.69) is 37.9 Å². The Balaban J connectivity index is 3.29. The zero-order valence-electron chi connectivity index (χ0n) is 11.9. The van der Waals surface area contributed by atoms with E-state index in [1.54, 1.807) is 0 Å². The Kier molecular flexibility index (Phi) is 11.3. The summed E-state index contributed by atoms with van der Waals surface area (Å²) in [5, 5.41) is 3.62. The summed E-state index contributed by atoms with van der Waals surface area (Å²) in [7, 11) is 0. The molecule has 0 amide bonds. The molecule has 1 N–H and O–H groups in total. The Labute approximate surface area is 103 Å². The minimum Gasteiger partial charge on any atom is -0.314 e. The zero-order valence-corrected chi connectivity index (χ0v) is 11.9. The number of hydrogen-bond donors (Lipinski definition) is 1. The van der Waals surface area contributed by atoms with Crippen molar-refractivity contribution in [3.8, 4) is 0 Å². The molecule has 1 unspecified atom stereocenters. The molecule has 0 aromatic rings. The van der Waals surface area contributed by atoms with Crippen molar-refractivity contribution in [1.82, 2.24) is 10.2 Å². The summed E-state index contributed by atoms with van der Waals surface area (Å²) in [4.78, 5) is 2.49. The van der Waals surface area contributed by atoms with E-state index >= 15 is 0 Å². The van der Waals surface area contributed by atoms with Gasteiger partial charge in [-0.25, -0.2) is 0 Å². The molecular weight excluding hydrogens is 196 g/mol. The molecule has 2 heteroatoms. The Hall–Kier alpha value is -0.0800. The molecule has 16 heavy (non-hydrogen) atoms. The summed E-state index contributed by atoms with van der Waals surface area (Å²) >= 11 is 0. The molecule has 98 valence electrons. The maximum atomic E-state index is 3.62. The van der Waals surface area contributed by atoms with E-state index in [1.807, 2.05) is 0 Å². The van der Waals surface area contributed by atoms with Gasteiger partial charge in [-0.2, -0.15) is 0 Å². The summed E-state index contributed by atoms with van der Waals surface area (Å²) in [5.74, 6) is 0. The predicted octanol–water partition coefficient (Wildman–Crippen LogP) is 3.28. The van der Waals surface area contributed by atoms with E-state index in [9.17, 15) is 0 Å². The Morgan fingerprint density at radius 2 is 1.69 bits per heavy atom. The fraction of sp³-hybridized carbons (Fsp3) is 1.00. The molecule has 0 aliphatic carbocycles. The second-order valence-electron chi connectivity index (χ2n) is 4.73. The molecule has 0 rings (SSSR count). The van der Waals surface area contributed by atoms with Crippen molar-refractivity contribution >= 4 is 0 Å². The standard InChI is InChI=1S/C14H32N2/c1-5-8-9-11-14(4)15-12-10-13-16(6-2)7-3/h14-15H,5-13H2,1-4H3. The van der Waals surface area contributed by atoms with Crippen LogP contribution in [-0.4, -0.2) is 37.1 Å². The lowest BCUT2D eigenvalue weighted by molar-refractivity contribution is 0.295. The highest BCUT2D eigenvalue weighted by atomic mass is 15.1. The van der Waals surface area contributed by atoms with Gasteiger partial charge >= 0.3 is 0 Å². The second kappa shape index (κ2) is 11.4. The Morgan fingerprint density at radius 1 is 1.00 bits per heavy atom. The Bertz CT molecular complexity index is 133. The van der Waals surface area contributed by atoms with Crippen LogP contribution >= 0.6 is 0 Å². The van der Waals surface area contributed by atoms with Gasteiger partial charge in [0.15, 0.2) is 0 Å². The van der Waals surface area contributed by atoms with E-state index < -0.39 is 0 Å². The van der Waals surface area contributed by atoms with E-state index in [0.29, 0.717) is 6.04 Å². The maximum absolute atomic E-state index is 3.62. The van der Waals surface area contributed by atoms with Crippen LogP contribution in [0.3, 0.4) is 0 Å². The minimum absolute atomic E-state index is 0.697. The van der Waals surface area contributed by atoms with Gasteiger partial charge in [-0.1, -0.05) is 40.0 Å². The molecule has 0 radical (unpaired) electrons. The van der Waals surface area contributed by atoms with Gasteiger partial charge in [0.2, 0.25) is 0 Å². The first-order chi connectivity index (χ1) is 7.74. The van der Waals surface area contributed by atoms with E-state index in [0.717, 1.165) is 0 Å². The molecule has 0 fully saturated rings. The highest BCUT2D eigenvalue weighted by Gasteiger charge is 2.01. The van der Waals surface area contributed by atoms with Crippen LogP contribution in [-0.2, 0) is 0 Å². The number of nitrogens with one attached hydrogen (secondary N) is 1. The summed E-state index contributed by atoms with van der Waals surface area (Å²) in [5.41, 5.74) is 0. The first kappa shape index (κ1) is 15.9. The van der Waals surface area contributed by atoms with Crippen molar-refractivity contribution in [1.29, 1.82) is 0 Å². The summed E-state index contributed by atoms with van der Waals surface area (Å²) < 4.78 is 0. The van der Waals surface area contributed by atoms with Gasteiger partial charge in [0, 0.05) is 6.04 Å². The van der Waals surface area contributed by atoms with Crippen molar-refractivity contribution in [2.24, 2.45) is 0 Å². The van der Waals surface area contributed by atoms with Crippen LogP contribution in [0.15, 0.2) is 0 Å². The molecular formula is C14H32N2. The normalized spacial score (nSPS) is 13.3. The molecule has 0 bridgehead atoms. The smallest absolute Gasteiger partial charge is 0.00387 e. The van der Waals surface area contributed by atoms with Gasteiger partial charge in [0.05, 0.1) is 0 Å². The lowest BCUT2D eigenvalue weighted by Crippen LogP contribution is -2.31. The van der Waals surface area contributed by atoms with E-state index in [4.69, 9.17) is 0 Å². The number of rotatable bonds is 11. The number of nitrogens with zero attached hydrogens (tertiary/aromatic N) is 1. The molecule has 2 nitrogen and oxygen atoms in total. The fourth-order valence-corrected chi connectivity index (χ4v) is 1.99. The second-order valence-corrected chi connectivity index (χ2v) is 4.73. The van der Waals surface area contributed by atoms with Crippen LogP contribution in [0, 0.1) is 0 Å². The molecule has 0 aliphatic rings. The maximum Gasteiger partial charge on any atom is 0.00387 e. The van der Waals surface area contributed by atoms with Crippen molar-refractivity contribution in [3.05, 3.63) is 0 Å².